The van der Waals surface area contributed by atoms with Gasteiger partial charge in [0.05, 0.1) is 5.02 Å². The Kier molecular flexibility index (Phi) is 5.54. The van der Waals surface area contributed by atoms with Gasteiger partial charge in [-0.2, -0.15) is 4.31 Å². The Bertz CT molecular complexity index is 616. The van der Waals surface area contributed by atoms with Gasteiger partial charge in [-0.05, 0) is 44.0 Å². The number of sulfonamides is 1. The molecule has 0 saturated heterocycles. The van der Waals surface area contributed by atoms with Gasteiger partial charge < -0.3 is 5.32 Å². The summed E-state index contributed by atoms with van der Waals surface area (Å²) in [6, 6.07) is 3.22. The highest BCUT2D eigenvalue weighted by Gasteiger charge is 2.38. The highest BCUT2D eigenvalue weighted by Crippen LogP contribution is 2.36. The largest absolute Gasteiger partial charge is 0.316 e. The van der Waals surface area contributed by atoms with Crippen molar-refractivity contribution in [3.8, 4) is 0 Å². The van der Waals surface area contributed by atoms with E-state index in [2.05, 4.69) is 5.32 Å². The van der Waals surface area contributed by atoms with Crippen LogP contribution in [0.5, 0.6) is 0 Å². The summed E-state index contributed by atoms with van der Waals surface area (Å²) in [5.41, 5.74) is 0.731. The third-order valence-electron chi connectivity index (χ3n) is 3.45. The minimum atomic E-state index is -3.57. The molecule has 0 aliphatic heterocycles. The molecule has 1 aromatic rings. The van der Waals surface area contributed by atoms with Gasteiger partial charge in [0.15, 0.2) is 0 Å². The van der Waals surface area contributed by atoms with Gasteiger partial charge in [-0.15, -0.1) is 0 Å². The molecule has 0 amide bonds. The van der Waals surface area contributed by atoms with E-state index in [0.717, 1.165) is 24.8 Å². The molecule has 0 atom stereocenters. The van der Waals surface area contributed by atoms with E-state index >= 15 is 0 Å². The zero-order chi connectivity index (χ0) is 15.6. The SMILES string of the molecule is CCCN(C1CC1)S(=O)(=O)c1cc(CNC)c(Cl)cc1Cl. The van der Waals surface area contributed by atoms with Crippen LogP contribution in [0.25, 0.3) is 0 Å². The number of nitrogens with zero attached hydrogens (tertiary/aromatic N) is 1. The van der Waals surface area contributed by atoms with Gasteiger partial charge in [0.2, 0.25) is 10.0 Å². The summed E-state index contributed by atoms with van der Waals surface area (Å²) in [6.45, 7) is 2.99. The Morgan fingerprint density at radius 3 is 2.48 bits per heavy atom. The van der Waals surface area contributed by atoms with E-state index in [-0.39, 0.29) is 16.0 Å². The highest BCUT2D eigenvalue weighted by atomic mass is 35.5. The second-order valence-electron chi connectivity index (χ2n) is 5.25. The molecule has 1 aliphatic rings. The maximum atomic E-state index is 12.9. The molecule has 2 rings (SSSR count). The number of benzene rings is 1. The summed E-state index contributed by atoms with van der Waals surface area (Å²) in [5.74, 6) is 0. The molecule has 1 aliphatic carbocycles. The van der Waals surface area contributed by atoms with Crippen molar-refractivity contribution in [3.05, 3.63) is 27.7 Å². The first-order valence-electron chi connectivity index (χ1n) is 7.06. The Morgan fingerprint density at radius 2 is 1.95 bits per heavy atom. The van der Waals surface area contributed by atoms with Crippen LogP contribution < -0.4 is 5.32 Å². The molecular formula is C14H20Cl2N2O2S. The Balaban J connectivity index is 2.45. The van der Waals surface area contributed by atoms with Gasteiger partial charge in [0.25, 0.3) is 0 Å². The van der Waals surface area contributed by atoms with Gasteiger partial charge in [0, 0.05) is 24.2 Å². The number of nitrogens with one attached hydrogen (secondary N) is 1. The van der Waals surface area contributed by atoms with Gasteiger partial charge in [-0.3, -0.25) is 0 Å². The topological polar surface area (TPSA) is 49.4 Å². The van der Waals surface area contributed by atoms with Crippen molar-refractivity contribution >= 4 is 33.2 Å². The minimum Gasteiger partial charge on any atom is -0.316 e. The molecule has 0 unspecified atom stereocenters. The summed E-state index contributed by atoms with van der Waals surface area (Å²) in [4.78, 5) is 0.152. The number of hydrogen-bond acceptors (Lipinski definition) is 3. The van der Waals surface area contributed by atoms with Crippen molar-refractivity contribution in [2.75, 3.05) is 13.6 Å². The van der Waals surface area contributed by atoms with Crippen molar-refractivity contribution < 1.29 is 8.42 Å². The number of hydrogen-bond donors (Lipinski definition) is 1. The van der Waals surface area contributed by atoms with Crippen LogP contribution in [0, 0.1) is 0 Å². The van der Waals surface area contributed by atoms with Crippen molar-refractivity contribution in [1.82, 2.24) is 9.62 Å². The molecule has 4 nitrogen and oxygen atoms in total. The first-order chi connectivity index (χ1) is 9.91. The van der Waals surface area contributed by atoms with Gasteiger partial charge in [-0.1, -0.05) is 30.1 Å². The van der Waals surface area contributed by atoms with Crippen LogP contribution in [0.15, 0.2) is 17.0 Å². The molecule has 7 heteroatoms. The predicted octanol–water partition coefficient (Wildman–Crippen LogP) is 3.28. The maximum absolute atomic E-state index is 12.9. The Hall–Kier alpha value is -0.330. The van der Waals surface area contributed by atoms with E-state index in [0.29, 0.717) is 18.1 Å². The summed E-state index contributed by atoms with van der Waals surface area (Å²) in [5, 5.41) is 3.63. The Labute approximate surface area is 136 Å². The predicted molar refractivity (Wildman–Crippen MR) is 86.4 cm³/mol. The van der Waals surface area contributed by atoms with E-state index < -0.39 is 10.0 Å². The van der Waals surface area contributed by atoms with Crippen LogP contribution in [-0.2, 0) is 16.6 Å². The van der Waals surface area contributed by atoms with Crippen LogP contribution >= 0.6 is 23.2 Å². The molecule has 0 spiro atoms. The fourth-order valence-corrected chi connectivity index (χ4v) is 4.92. The van der Waals surface area contributed by atoms with Crippen molar-refractivity contribution in [2.24, 2.45) is 0 Å². The zero-order valence-corrected chi connectivity index (χ0v) is 14.5. The highest BCUT2D eigenvalue weighted by molar-refractivity contribution is 7.89. The second-order valence-corrected chi connectivity index (χ2v) is 7.92. The minimum absolute atomic E-state index is 0.120. The van der Waals surface area contributed by atoms with Gasteiger partial charge >= 0.3 is 0 Å². The van der Waals surface area contributed by atoms with E-state index in [9.17, 15) is 8.42 Å². The first-order valence-corrected chi connectivity index (χ1v) is 9.25. The van der Waals surface area contributed by atoms with E-state index in [4.69, 9.17) is 23.2 Å². The summed E-state index contributed by atoms with van der Waals surface area (Å²) >= 11 is 12.3. The Morgan fingerprint density at radius 1 is 1.29 bits per heavy atom. The second kappa shape index (κ2) is 6.84. The molecule has 1 saturated carbocycles. The molecular weight excluding hydrogens is 331 g/mol. The third kappa shape index (κ3) is 3.71. The zero-order valence-electron chi connectivity index (χ0n) is 12.2. The lowest BCUT2D eigenvalue weighted by atomic mass is 10.2. The summed E-state index contributed by atoms with van der Waals surface area (Å²) < 4.78 is 27.3. The van der Waals surface area contributed by atoms with Crippen molar-refractivity contribution in [1.29, 1.82) is 0 Å². The average Bonchev–Trinajstić information content (AvgIpc) is 3.23. The standard InChI is InChI=1S/C14H20Cl2N2O2S/c1-3-6-18(11-4-5-11)21(19,20)14-7-10(9-17-2)12(15)8-13(14)16/h7-8,11,17H,3-6,9H2,1-2H3. The van der Waals surface area contributed by atoms with Crippen molar-refractivity contribution in [2.45, 2.75) is 43.7 Å². The van der Waals surface area contributed by atoms with E-state index in [1.807, 2.05) is 6.92 Å². The lowest BCUT2D eigenvalue weighted by Crippen LogP contribution is -2.34. The molecule has 118 valence electrons. The molecule has 0 aromatic heterocycles. The summed E-state index contributed by atoms with van der Waals surface area (Å²) in [7, 11) is -1.79. The molecule has 0 radical (unpaired) electrons. The van der Waals surface area contributed by atoms with Crippen LogP contribution in [0.1, 0.15) is 31.7 Å². The average molecular weight is 351 g/mol. The molecule has 0 bridgehead atoms. The lowest BCUT2D eigenvalue weighted by molar-refractivity contribution is 0.403. The van der Waals surface area contributed by atoms with Crippen LogP contribution in [0.4, 0.5) is 0 Å². The quantitative estimate of drug-likeness (QED) is 0.820. The lowest BCUT2D eigenvalue weighted by Gasteiger charge is -2.22. The first kappa shape index (κ1) is 17.0. The fraction of sp³-hybridized carbons (Fsp3) is 0.571. The fourth-order valence-electron chi connectivity index (χ4n) is 2.30. The normalized spacial score (nSPS) is 15.7. The molecule has 1 fully saturated rings. The van der Waals surface area contributed by atoms with Crippen molar-refractivity contribution in [3.63, 3.8) is 0 Å². The van der Waals surface area contributed by atoms with Crippen LogP contribution in [-0.4, -0.2) is 32.4 Å². The van der Waals surface area contributed by atoms with Crippen LogP contribution in [0.2, 0.25) is 10.0 Å². The molecule has 1 aromatic carbocycles. The molecule has 1 N–H and O–H groups in total. The smallest absolute Gasteiger partial charge is 0.244 e. The summed E-state index contributed by atoms with van der Waals surface area (Å²) in [6.07, 6.45) is 2.63. The van der Waals surface area contributed by atoms with Gasteiger partial charge in [-0.25, -0.2) is 8.42 Å². The van der Waals surface area contributed by atoms with Gasteiger partial charge in [0.1, 0.15) is 4.90 Å². The van der Waals surface area contributed by atoms with E-state index in [1.165, 1.54) is 6.07 Å². The number of rotatable bonds is 7. The molecule has 21 heavy (non-hydrogen) atoms. The third-order valence-corrected chi connectivity index (χ3v) is 6.22. The molecule has 0 heterocycles. The van der Waals surface area contributed by atoms with Crippen LogP contribution in [0.3, 0.4) is 0 Å². The van der Waals surface area contributed by atoms with E-state index in [1.54, 1.807) is 17.4 Å². The monoisotopic (exact) mass is 350 g/mol. The number of halogens is 2. The maximum Gasteiger partial charge on any atom is 0.244 e.